The summed E-state index contributed by atoms with van der Waals surface area (Å²) in [6.07, 6.45) is 4.10. The van der Waals surface area contributed by atoms with Crippen LogP contribution in [-0.4, -0.2) is 16.5 Å². The van der Waals surface area contributed by atoms with Gasteiger partial charge in [-0.2, -0.15) is 0 Å². The normalized spacial score (nSPS) is 12.7. The van der Waals surface area contributed by atoms with Gasteiger partial charge in [0.1, 0.15) is 5.82 Å². The van der Waals surface area contributed by atoms with Crippen LogP contribution in [0.15, 0.2) is 12.3 Å². The first-order valence-electron chi connectivity index (χ1n) is 5.80. The second-order valence-corrected chi connectivity index (χ2v) is 3.89. The number of rotatable bonds is 6. The summed E-state index contributed by atoms with van der Waals surface area (Å²) in [4.78, 5) is 8.84. The highest BCUT2D eigenvalue weighted by atomic mass is 14.9. The minimum absolute atomic E-state index is 0.455. The van der Waals surface area contributed by atoms with Gasteiger partial charge < -0.3 is 5.32 Å². The minimum atomic E-state index is 0.455. The maximum atomic E-state index is 4.54. The Morgan fingerprint density at radius 1 is 1.40 bits per heavy atom. The van der Waals surface area contributed by atoms with Gasteiger partial charge in [-0.1, -0.05) is 20.8 Å². The molecule has 1 N–H and O–H groups in total. The third kappa shape index (κ3) is 3.96. The van der Waals surface area contributed by atoms with E-state index in [2.05, 4.69) is 36.1 Å². The van der Waals surface area contributed by atoms with E-state index in [1.807, 2.05) is 12.3 Å². The van der Waals surface area contributed by atoms with Crippen molar-refractivity contribution in [1.82, 2.24) is 15.3 Å². The molecule has 0 fully saturated rings. The van der Waals surface area contributed by atoms with Crippen LogP contribution in [0.2, 0.25) is 0 Å². The number of hydrogen-bond donors (Lipinski definition) is 1. The van der Waals surface area contributed by atoms with Gasteiger partial charge in [-0.3, -0.25) is 0 Å². The van der Waals surface area contributed by atoms with Gasteiger partial charge in [0, 0.05) is 18.7 Å². The molecule has 1 aromatic rings. The first-order valence-corrected chi connectivity index (χ1v) is 5.80. The lowest BCUT2D eigenvalue weighted by Gasteiger charge is -2.08. The van der Waals surface area contributed by atoms with Crippen LogP contribution in [0.1, 0.15) is 51.0 Å². The molecule has 0 amide bonds. The Morgan fingerprint density at radius 3 is 2.87 bits per heavy atom. The number of aromatic nitrogens is 2. The van der Waals surface area contributed by atoms with Crippen molar-refractivity contribution >= 4 is 0 Å². The van der Waals surface area contributed by atoms with Crippen LogP contribution < -0.4 is 5.32 Å². The third-order valence-corrected chi connectivity index (χ3v) is 2.52. The SMILES string of the molecule is CCCNCc1ccnc(C(C)CC)n1. The molecular weight excluding hydrogens is 186 g/mol. The first kappa shape index (κ1) is 12.1. The standard InChI is InChI=1S/C12H21N3/c1-4-7-13-9-11-6-8-14-12(15-11)10(3)5-2/h6,8,10,13H,4-5,7,9H2,1-3H3. The lowest BCUT2D eigenvalue weighted by atomic mass is 10.1. The Kier molecular flexibility index (Phi) is 5.26. The molecule has 0 aliphatic carbocycles. The zero-order chi connectivity index (χ0) is 11.1. The smallest absolute Gasteiger partial charge is 0.131 e. The van der Waals surface area contributed by atoms with Crippen molar-refractivity contribution in [2.75, 3.05) is 6.54 Å². The van der Waals surface area contributed by atoms with E-state index in [1.54, 1.807) is 0 Å². The summed E-state index contributed by atoms with van der Waals surface area (Å²) >= 11 is 0. The van der Waals surface area contributed by atoms with Crippen LogP contribution in [0.5, 0.6) is 0 Å². The van der Waals surface area contributed by atoms with Gasteiger partial charge in [0.15, 0.2) is 0 Å². The Balaban J connectivity index is 2.57. The lowest BCUT2D eigenvalue weighted by Crippen LogP contribution is -2.15. The second-order valence-electron chi connectivity index (χ2n) is 3.89. The van der Waals surface area contributed by atoms with Gasteiger partial charge in [0.25, 0.3) is 0 Å². The van der Waals surface area contributed by atoms with E-state index >= 15 is 0 Å². The Bertz CT molecular complexity index is 286. The molecule has 1 rings (SSSR count). The average molecular weight is 207 g/mol. The van der Waals surface area contributed by atoms with Gasteiger partial charge in [-0.25, -0.2) is 9.97 Å². The summed E-state index contributed by atoms with van der Waals surface area (Å²) < 4.78 is 0. The third-order valence-electron chi connectivity index (χ3n) is 2.52. The van der Waals surface area contributed by atoms with Crippen LogP contribution >= 0.6 is 0 Å². The highest BCUT2D eigenvalue weighted by molar-refractivity contribution is 5.04. The van der Waals surface area contributed by atoms with E-state index in [0.717, 1.165) is 37.4 Å². The van der Waals surface area contributed by atoms with Gasteiger partial charge in [-0.15, -0.1) is 0 Å². The molecular formula is C12H21N3. The van der Waals surface area contributed by atoms with Crippen LogP contribution in [0.25, 0.3) is 0 Å². The monoisotopic (exact) mass is 207 g/mol. The molecule has 0 aromatic carbocycles. The van der Waals surface area contributed by atoms with Gasteiger partial charge in [-0.05, 0) is 25.5 Å². The average Bonchev–Trinajstić information content (AvgIpc) is 2.29. The van der Waals surface area contributed by atoms with E-state index < -0.39 is 0 Å². The van der Waals surface area contributed by atoms with E-state index in [4.69, 9.17) is 0 Å². The highest BCUT2D eigenvalue weighted by Gasteiger charge is 2.06. The summed E-state index contributed by atoms with van der Waals surface area (Å²) in [5.74, 6) is 1.42. The van der Waals surface area contributed by atoms with Crippen LogP contribution in [-0.2, 0) is 6.54 Å². The summed E-state index contributed by atoms with van der Waals surface area (Å²) in [6, 6.07) is 1.98. The number of hydrogen-bond acceptors (Lipinski definition) is 3. The molecule has 3 nitrogen and oxygen atoms in total. The van der Waals surface area contributed by atoms with Crippen LogP contribution in [0, 0.1) is 0 Å². The summed E-state index contributed by atoms with van der Waals surface area (Å²) in [5, 5.41) is 3.35. The largest absolute Gasteiger partial charge is 0.311 e. The first-order chi connectivity index (χ1) is 7.27. The maximum Gasteiger partial charge on any atom is 0.131 e. The molecule has 0 saturated heterocycles. The van der Waals surface area contributed by atoms with Crippen molar-refractivity contribution in [3.05, 3.63) is 23.8 Å². The van der Waals surface area contributed by atoms with Gasteiger partial charge in [0.05, 0.1) is 5.69 Å². The summed E-state index contributed by atoms with van der Waals surface area (Å²) in [7, 11) is 0. The van der Waals surface area contributed by atoms with Crippen molar-refractivity contribution in [2.24, 2.45) is 0 Å². The molecule has 0 radical (unpaired) electrons. The maximum absolute atomic E-state index is 4.54. The molecule has 1 aromatic heterocycles. The Labute approximate surface area is 92.3 Å². The van der Waals surface area contributed by atoms with E-state index in [-0.39, 0.29) is 0 Å². The Hall–Kier alpha value is -0.960. The van der Waals surface area contributed by atoms with Crippen molar-refractivity contribution in [3.8, 4) is 0 Å². The molecule has 3 heteroatoms. The van der Waals surface area contributed by atoms with Crippen molar-refractivity contribution in [1.29, 1.82) is 0 Å². The summed E-state index contributed by atoms with van der Waals surface area (Å²) in [5.41, 5.74) is 1.09. The predicted octanol–water partition coefficient (Wildman–Crippen LogP) is 2.49. The Morgan fingerprint density at radius 2 is 2.20 bits per heavy atom. The van der Waals surface area contributed by atoms with Gasteiger partial charge in [0.2, 0.25) is 0 Å². The molecule has 0 aliphatic heterocycles. The predicted molar refractivity (Wildman–Crippen MR) is 62.7 cm³/mol. The lowest BCUT2D eigenvalue weighted by molar-refractivity contribution is 0.636. The fourth-order valence-electron chi connectivity index (χ4n) is 1.32. The van der Waals surface area contributed by atoms with E-state index in [9.17, 15) is 0 Å². The van der Waals surface area contributed by atoms with Gasteiger partial charge >= 0.3 is 0 Å². The van der Waals surface area contributed by atoms with Crippen molar-refractivity contribution in [3.63, 3.8) is 0 Å². The topological polar surface area (TPSA) is 37.8 Å². The van der Waals surface area contributed by atoms with E-state index in [1.165, 1.54) is 0 Å². The molecule has 1 heterocycles. The van der Waals surface area contributed by atoms with Crippen molar-refractivity contribution < 1.29 is 0 Å². The van der Waals surface area contributed by atoms with E-state index in [0.29, 0.717) is 5.92 Å². The minimum Gasteiger partial charge on any atom is -0.311 e. The molecule has 1 unspecified atom stereocenters. The van der Waals surface area contributed by atoms with Crippen molar-refractivity contribution in [2.45, 2.75) is 46.1 Å². The highest BCUT2D eigenvalue weighted by Crippen LogP contribution is 2.13. The molecule has 15 heavy (non-hydrogen) atoms. The summed E-state index contributed by atoms with van der Waals surface area (Å²) in [6.45, 7) is 8.38. The molecule has 0 saturated carbocycles. The van der Waals surface area contributed by atoms with Crippen LogP contribution in [0.4, 0.5) is 0 Å². The number of nitrogens with zero attached hydrogens (tertiary/aromatic N) is 2. The molecule has 84 valence electrons. The quantitative estimate of drug-likeness (QED) is 0.728. The fraction of sp³-hybridized carbons (Fsp3) is 0.667. The second kappa shape index (κ2) is 6.51. The molecule has 0 aliphatic rings. The molecule has 0 spiro atoms. The van der Waals surface area contributed by atoms with Crippen LogP contribution in [0.3, 0.4) is 0 Å². The zero-order valence-corrected chi connectivity index (χ0v) is 9.95. The zero-order valence-electron chi connectivity index (χ0n) is 9.95. The fourth-order valence-corrected chi connectivity index (χ4v) is 1.32. The number of nitrogens with one attached hydrogen (secondary N) is 1. The molecule has 1 atom stereocenters. The molecule has 0 bridgehead atoms.